The van der Waals surface area contributed by atoms with Crippen molar-refractivity contribution in [3.63, 3.8) is 0 Å². The second-order valence-electron chi connectivity index (χ2n) is 4.77. The number of carboxylic acid groups (broad SMARTS) is 1. The van der Waals surface area contributed by atoms with Gasteiger partial charge in [0.1, 0.15) is 6.04 Å². The molecular weight excluding hydrogens is 266 g/mol. The van der Waals surface area contributed by atoms with Crippen molar-refractivity contribution in [2.45, 2.75) is 51.2 Å². The maximum absolute atomic E-state index is 10.9. The number of thioether (sulfide) groups is 1. The minimum absolute atomic E-state index is 0.296. The van der Waals surface area contributed by atoms with Crippen LogP contribution in [0.4, 0.5) is 0 Å². The van der Waals surface area contributed by atoms with Crippen molar-refractivity contribution in [2.75, 3.05) is 18.1 Å². The van der Waals surface area contributed by atoms with E-state index < -0.39 is 12.0 Å². The quantitative estimate of drug-likeness (QED) is 0.631. The highest BCUT2D eigenvalue weighted by Crippen LogP contribution is 2.18. The summed E-state index contributed by atoms with van der Waals surface area (Å²) >= 11 is 1.74. The summed E-state index contributed by atoms with van der Waals surface area (Å²) in [5, 5.41) is 11.4. The van der Waals surface area contributed by atoms with E-state index in [1.54, 1.807) is 11.8 Å². The molecular formula is C13H23NO4S. The molecule has 0 aromatic carbocycles. The van der Waals surface area contributed by atoms with Crippen LogP contribution in [0.3, 0.4) is 0 Å². The summed E-state index contributed by atoms with van der Waals surface area (Å²) < 4.78 is 5.54. The predicted octanol–water partition coefficient (Wildman–Crippen LogP) is 1.66. The maximum Gasteiger partial charge on any atom is 0.326 e. The third-order valence-electron chi connectivity index (χ3n) is 3.07. The first kappa shape index (κ1) is 16.3. The van der Waals surface area contributed by atoms with Crippen LogP contribution in [0.1, 0.15) is 39.0 Å². The smallest absolute Gasteiger partial charge is 0.326 e. The first-order valence-corrected chi connectivity index (χ1v) is 7.94. The van der Waals surface area contributed by atoms with E-state index in [2.05, 4.69) is 5.32 Å². The Kier molecular flexibility index (Phi) is 7.90. The molecule has 5 nitrogen and oxygen atoms in total. The van der Waals surface area contributed by atoms with Crippen LogP contribution in [0.2, 0.25) is 0 Å². The van der Waals surface area contributed by atoms with E-state index in [0.717, 1.165) is 31.0 Å². The average molecular weight is 289 g/mol. The highest BCUT2D eigenvalue weighted by Gasteiger charge is 2.18. The third kappa shape index (κ3) is 7.42. The summed E-state index contributed by atoms with van der Waals surface area (Å²) in [6.45, 7) is 2.24. The summed E-state index contributed by atoms with van der Waals surface area (Å²) in [7, 11) is 0. The van der Waals surface area contributed by atoms with Gasteiger partial charge in [-0.3, -0.25) is 4.79 Å². The molecule has 0 aromatic heterocycles. The van der Waals surface area contributed by atoms with Gasteiger partial charge in [-0.25, -0.2) is 4.79 Å². The molecule has 110 valence electrons. The van der Waals surface area contributed by atoms with E-state index in [1.807, 2.05) is 0 Å². The molecule has 1 rings (SSSR count). The van der Waals surface area contributed by atoms with Crippen molar-refractivity contribution >= 4 is 23.6 Å². The molecule has 1 saturated heterocycles. The Hall–Kier alpha value is -0.750. The lowest BCUT2D eigenvalue weighted by molar-refractivity contribution is -0.141. The minimum atomic E-state index is -0.963. The highest BCUT2D eigenvalue weighted by molar-refractivity contribution is 7.99. The largest absolute Gasteiger partial charge is 0.480 e. The van der Waals surface area contributed by atoms with Crippen molar-refractivity contribution in [3.8, 4) is 0 Å². The normalized spacial score (nSPS) is 20.2. The van der Waals surface area contributed by atoms with Crippen LogP contribution in [0.5, 0.6) is 0 Å². The van der Waals surface area contributed by atoms with E-state index in [4.69, 9.17) is 9.84 Å². The van der Waals surface area contributed by atoms with E-state index in [1.165, 1.54) is 19.8 Å². The molecule has 19 heavy (non-hydrogen) atoms. The zero-order valence-electron chi connectivity index (χ0n) is 11.4. The van der Waals surface area contributed by atoms with Crippen LogP contribution in [0.15, 0.2) is 0 Å². The van der Waals surface area contributed by atoms with Gasteiger partial charge in [0.2, 0.25) is 5.91 Å². The number of carbonyl (C=O) groups is 2. The molecule has 0 bridgehead atoms. The van der Waals surface area contributed by atoms with Crippen molar-refractivity contribution in [2.24, 2.45) is 0 Å². The Morgan fingerprint density at radius 2 is 2.26 bits per heavy atom. The van der Waals surface area contributed by atoms with Gasteiger partial charge in [0, 0.05) is 13.5 Å². The van der Waals surface area contributed by atoms with E-state index in [9.17, 15) is 9.59 Å². The van der Waals surface area contributed by atoms with Crippen LogP contribution >= 0.6 is 11.8 Å². The Morgan fingerprint density at radius 3 is 2.84 bits per heavy atom. The molecule has 2 unspecified atom stereocenters. The van der Waals surface area contributed by atoms with E-state index >= 15 is 0 Å². The van der Waals surface area contributed by atoms with Crippen LogP contribution in [0, 0.1) is 0 Å². The lowest BCUT2D eigenvalue weighted by atomic mass is 10.1. The molecule has 0 aliphatic carbocycles. The number of nitrogens with one attached hydrogen (secondary N) is 1. The summed E-state index contributed by atoms with van der Waals surface area (Å²) in [6.07, 6.45) is 5.46. The van der Waals surface area contributed by atoms with Crippen molar-refractivity contribution in [1.29, 1.82) is 0 Å². The molecule has 0 radical (unpaired) electrons. The van der Waals surface area contributed by atoms with Gasteiger partial charge in [-0.05, 0) is 43.6 Å². The molecule has 0 saturated carbocycles. The van der Waals surface area contributed by atoms with Crippen LogP contribution < -0.4 is 5.32 Å². The standard InChI is InChI=1S/C13H23NO4S/c1-10(15)14-12(13(16)17)6-9-19-8-3-5-11-4-2-7-18-11/h11-12H,2-9H2,1H3,(H,14,15)(H,16,17). The third-order valence-corrected chi connectivity index (χ3v) is 4.17. The molecule has 2 atom stereocenters. The SMILES string of the molecule is CC(=O)NC(CCSCCCC1CCCO1)C(=O)O. The van der Waals surface area contributed by atoms with Gasteiger partial charge in [0.05, 0.1) is 6.10 Å². The maximum atomic E-state index is 10.9. The number of hydrogen-bond donors (Lipinski definition) is 2. The number of rotatable bonds is 9. The highest BCUT2D eigenvalue weighted by atomic mass is 32.2. The number of hydrogen-bond acceptors (Lipinski definition) is 4. The van der Waals surface area contributed by atoms with Gasteiger partial charge in [-0.2, -0.15) is 11.8 Å². The molecule has 1 amide bonds. The van der Waals surface area contributed by atoms with Gasteiger partial charge in [0.25, 0.3) is 0 Å². The van der Waals surface area contributed by atoms with Gasteiger partial charge in [-0.15, -0.1) is 0 Å². The second kappa shape index (κ2) is 9.20. The van der Waals surface area contributed by atoms with Gasteiger partial charge in [0.15, 0.2) is 0 Å². The zero-order chi connectivity index (χ0) is 14.1. The van der Waals surface area contributed by atoms with Crippen LogP contribution in [0.25, 0.3) is 0 Å². The Balaban J connectivity index is 2.01. The van der Waals surface area contributed by atoms with E-state index in [-0.39, 0.29) is 5.91 Å². The number of amides is 1. The second-order valence-corrected chi connectivity index (χ2v) is 5.99. The molecule has 2 N–H and O–H groups in total. The van der Waals surface area contributed by atoms with Crippen LogP contribution in [-0.4, -0.2) is 47.2 Å². The van der Waals surface area contributed by atoms with E-state index in [0.29, 0.717) is 12.5 Å². The molecule has 1 heterocycles. The lowest BCUT2D eigenvalue weighted by Gasteiger charge is -2.13. The summed E-state index contributed by atoms with van der Waals surface area (Å²) in [5.74, 6) is 0.514. The van der Waals surface area contributed by atoms with Gasteiger partial charge in [-0.1, -0.05) is 0 Å². The topological polar surface area (TPSA) is 75.6 Å². The van der Waals surface area contributed by atoms with Crippen molar-refractivity contribution in [3.05, 3.63) is 0 Å². The fraction of sp³-hybridized carbons (Fsp3) is 0.846. The summed E-state index contributed by atoms with van der Waals surface area (Å²) in [4.78, 5) is 21.7. The molecule has 1 aliphatic heterocycles. The lowest BCUT2D eigenvalue weighted by Crippen LogP contribution is -2.39. The zero-order valence-corrected chi connectivity index (χ0v) is 12.2. The molecule has 1 fully saturated rings. The predicted molar refractivity (Wildman–Crippen MR) is 75.4 cm³/mol. The Morgan fingerprint density at radius 1 is 1.47 bits per heavy atom. The number of aliphatic carboxylic acids is 1. The van der Waals surface area contributed by atoms with Gasteiger partial charge < -0.3 is 15.2 Å². The van der Waals surface area contributed by atoms with Gasteiger partial charge >= 0.3 is 5.97 Å². The van der Waals surface area contributed by atoms with Crippen molar-refractivity contribution < 1.29 is 19.4 Å². The molecule has 0 aromatic rings. The molecule has 0 spiro atoms. The van der Waals surface area contributed by atoms with Crippen molar-refractivity contribution in [1.82, 2.24) is 5.32 Å². The Labute approximate surface area is 118 Å². The number of carboxylic acids is 1. The fourth-order valence-corrected chi connectivity index (χ4v) is 3.07. The number of ether oxygens (including phenoxy) is 1. The monoisotopic (exact) mass is 289 g/mol. The first-order valence-electron chi connectivity index (χ1n) is 6.79. The summed E-state index contributed by atoms with van der Waals surface area (Å²) in [6, 6.07) is -0.761. The minimum Gasteiger partial charge on any atom is -0.480 e. The average Bonchev–Trinajstić information content (AvgIpc) is 2.84. The number of carbonyl (C=O) groups excluding carboxylic acids is 1. The summed E-state index contributed by atoms with van der Waals surface area (Å²) in [5.41, 5.74) is 0. The fourth-order valence-electron chi connectivity index (χ4n) is 2.09. The molecule has 1 aliphatic rings. The Bertz CT molecular complexity index is 292. The van der Waals surface area contributed by atoms with Crippen LogP contribution in [-0.2, 0) is 14.3 Å². The first-order chi connectivity index (χ1) is 9.09. The molecule has 6 heteroatoms.